The number of nitrogens with zero attached hydrogens (tertiary/aromatic N) is 4. The van der Waals surface area contributed by atoms with Crippen LogP contribution in [0.4, 0.5) is 0 Å². The number of aromatic nitrogens is 4. The molecule has 0 spiro atoms. The predicted molar refractivity (Wildman–Crippen MR) is 56.2 cm³/mol. The van der Waals surface area contributed by atoms with E-state index in [1.54, 1.807) is 18.0 Å². The number of imidazole rings is 2. The summed E-state index contributed by atoms with van der Waals surface area (Å²) < 4.78 is 4.20. The van der Waals surface area contributed by atoms with Crippen molar-refractivity contribution >= 4 is 11.8 Å². The molecule has 2 aromatic heterocycles. The molecule has 0 radical (unpaired) electrons. The molecule has 2 rings (SSSR count). The van der Waals surface area contributed by atoms with Crippen LogP contribution in [0.1, 0.15) is 0 Å². The third-order valence-corrected chi connectivity index (χ3v) is 2.72. The second-order valence-corrected chi connectivity index (χ2v) is 3.68. The maximum atomic E-state index is 4.24. The van der Waals surface area contributed by atoms with Crippen LogP contribution >= 0.6 is 11.8 Å². The first kappa shape index (κ1) is 9.33. The normalized spacial score (nSPS) is 10.6. The molecule has 2 aromatic rings. The Hall–Kier alpha value is -1.23. The zero-order valence-electron chi connectivity index (χ0n) is 8.00. The number of thioether (sulfide) groups is 1. The van der Waals surface area contributed by atoms with Crippen LogP contribution in [-0.2, 0) is 13.1 Å². The van der Waals surface area contributed by atoms with Crippen LogP contribution in [0.25, 0.3) is 0 Å². The highest BCUT2D eigenvalue weighted by molar-refractivity contribution is 7.98. The van der Waals surface area contributed by atoms with Gasteiger partial charge in [-0.3, -0.25) is 0 Å². The molecule has 0 aliphatic heterocycles. The molecule has 74 valence electrons. The Labute approximate surface area is 87.0 Å². The van der Waals surface area contributed by atoms with Gasteiger partial charge < -0.3 is 9.13 Å². The van der Waals surface area contributed by atoms with Crippen LogP contribution in [0.5, 0.6) is 0 Å². The van der Waals surface area contributed by atoms with Gasteiger partial charge in [-0.1, -0.05) is 11.8 Å². The van der Waals surface area contributed by atoms with Gasteiger partial charge in [-0.2, -0.15) is 0 Å². The Bertz CT molecular complexity index is 379. The predicted octanol–water partition coefficient (Wildman–Crippen LogP) is 1.50. The summed E-state index contributed by atoms with van der Waals surface area (Å²) in [6.45, 7) is 1.87. The van der Waals surface area contributed by atoms with Crippen molar-refractivity contribution in [3.8, 4) is 0 Å². The molecule has 0 saturated heterocycles. The molecule has 0 aliphatic carbocycles. The number of hydrogen-bond acceptors (Lipinski definition) is 3. The van der Waals surface area contributed by atoms with Gasteiger partial charge in [0.15, 0.2) is 5.16 Å². The summed E-state index contributed by atoms with van der Waals surface area (Å²) in [7, 11) is 0. The molecule has 14 heavy (non-hydrogen) atoms. The quantitative estimate of drug-likeness (QED) is 0.714. The first-order chi connectivity index (χ1) is 6.90. The van der Waals surface area contributed by atoms with Crippen LogP contribution in [0.2, 0.25) is 0 Å². The van der Waals surface area contributed by atoms with Gasteiger partial charge in [0.2, 0.25) is 0 Å². The van der Waals surface area contributed by atoms with Crippen LogP contribution in [0.3, 0.4) is 0 Å². The molecule has 0 N–H and O–H groups in total. The van der Waals surface area contributed by atoms with Crippen molar-refractivity contribution in [1.82, 2.24) is 19.1 Å². The van der Waals surface area contributed by atoms with E-state index >= 15 is 0 Å². The molecule has 0 bridgehead atoms. The Balaban J connectivity index is 1.98. The third-order valence-electron chi connectivity index (χ3n) is 2.02. The fourth-order valence-corrected chi connectivity index (χ4v) is 1.85. The molecular formula is C9H12N4S. The zero-order chi connectivity index (χ0) is 9.80. The lowest BCUT2D eigenvalue weighted by Crippen LogP contribution is -2.05. The van der Waals surface area contributed by atoms with Gasteiger partial charge in [0.05, 0.1) is 6.33 Å². The lowest BCUT2D eigenvalue weighted by molar-refractivity contribution is 0.546. The summed E-state index contributed by atoms with van der Waals surface area (Å²) in [5.74, 6) is 0. The minimum absolute atomic E-state index is 0.934. The van der Waals surface area contributed by atoms with Crippen LogP contribution in [0.15, 0.2) is 36.3 Å². The van der Waals surface area contributed by atoms with Crippen molar-refractivity contribution in [2.24, 2.45) is 0 Å². The summed E-state index contributed by atoms with van der Waals surface area (Å²) >= 11 is 1.67. The minimum Gasteiger partial charge on any atom is -0.336 e. The molecule has 4 nitrogen and oxygen atoms in total. The van der Waals surface area contributed by atoms with E-state index in [4.69, 9.17) is 0 Å². The number of hydrogen-bond donors (Lipinski definition) is 0. The molecule has 0 aromatic carbocycles. The van der Waals surface area contributed by atoms with E-state index in [1.165, 1.54) is 0 Å². The Morgan fingerprint density at radius 3 is 2.93 bits per heavy atom. The van der Waals surface area contributed by atoms with Gasteiger partial charge >= 0.3 is 0 Å². The average molecular weight is 208 g/mol. The van der Waals surface area contributed by atoms with Crippen LogP contribution in [0, 0.1) is 0 Å². The highest BCUT2D eigenvalue weighted by Crippen LogP contribution is 2.11. The van der Waals surface area contributed by atoms with Gasteiger partial charge in [0, 0.05) is 37.9 Å². The van der Waals surface area contributed by atoms with Gasteiger partial charge in [0.1, 0.15) is 0 Å². The molecule has 0 amide bonds. The van der Waals surface area contributed by atoms with E-state index < -0.39 is 0 Å². The van der Waals surface area contributed by atoms with Crippen molar-refractivity contribution in [3.63, 3.8) is 0 Å². The molecule has 0 aliphatic rings. The van der Waals surface area contributed by atoms with E-state index in [2.05, 4.69) is 19.1 Å². The van der Waals surface area contributed by atoms with Crippen molar-refractivity contribution in [2.75, 3.05) is 6.26 Å². The highest BCUT2D eigenvalue weighted by Gasteiger charge is 1.99. The molecular weight excluding hydrogens is 196 g/mol. The van der Waals surface area contributed by atoms with E-state index in [-0.39, 0.29) is 0 Å². The minimum atomic E-state index is 0.934. The average Bonchev–Trinajstić information content (AvgIpc) is 2.85. The van der Waals surface area contributed by atoms with Crippen molar-refractivity contribution in [2.45, 2.75) is 18.2 Å². The summed E-state index contributed by atoms with van der Waals surface area (Å²) in [6, 6.07) is 0. The lowest BCUT2D eigenvalue weighted by Gasteiger charge is -2.05. The summed E-state index contributed by atoms with van der Waals surface area (Å²) in [4.78, 5) is 8.23. The SMILES string of the molecule is CSc1nccn1CCn1ccnc1. The second-order valence-electron chi connectivity index (χ2n) is 2.91. The van der Waals surface area contributed by atoms with Gasteiger partial charge in [0.25, 0.3) is 0 Å². The monoisotopic (exact) mass is 208 g/mol. The zero-order valence-corrected chi connectivity index (χ0v) is 8.81. The second kappa shape index (κ2) is 4.32. The van der Waals surface area contributed by atoms with E-state index in [1.807, 2.05) is 31.2 Å². The summed E-state index contributed by atoms with van der Waals surface area (Å²) in [5, 5.41) is 1.06. The van der Waals surface area contributed by atoms with Crippen molar-refractivity contribution in [1.29, 1.82) is 0 Å². The van der Waals surface area contributed by atoms with Gasteiger partial charge in [-0.15, -0.1) is 0 Å². The molecule has 0 fully saturated rings. The molecule has 0 atom stereocenters. The first-order valence-electron chi connectivity index (χ1n) is 4.41. The smallest absolute Gasteiger partial charge is 0.167 e. The van der Waals surface area contributed by atoms with Crippen molar-refractivity contribution < 1.29 is 0 Å². The Kier molecular flexibility index (Phi) is 2.88. The maximum Gasteiger partial charge on any atom is 0.167 e. The number of aryl methyl sites for hydroxylation is 2. The van der Waals surface area contributed by atoms with E-state index in [9.17, 15) is 0 Å². The van der Waals surface area contributed by atoms with E-state index in [0.29, 0.717) is 0 Å². The molecule has 0 unspecified atom stereocenters. The van der Waals surface area contributed by atoms with Crippen LogP contribution < -0.4 is 0 Å². The maximum absolute atomic E-state index is 4.24. The van der Waals surface area contributed by atoms with Crippen molar-refractivity contribution in [3.05, 3.63) is 31.1 Å². The standard InChI is InChI=1S/C9H12N4S/c1-14-9-11-3-5-13(9)7-6-12-4-2-10-8-12/h2-5,8H,6-7H2,1H3. The van der Waals surface area contributed by atoms with E-state index in [0.717, 1.165) is 18.2 Å². The molecule has 2 heterocycles. The lowest BCUT2D eigenvalue weighted by atomic mass is 10.6. The van der Waals surface area contributed by atoms with Gasteiger partial charge in [-0.05, 0) is 6.26 Å². The Morgan fingerprint density at radius 2 is 2.21 bits per heavy atom. The first-order valence-corrected chi connectivity index (χ1v) is 5.63. The summed E-state index contributed by atoms with van der Waals surface area (Å²) in [6.07, 6.45) is 11.5. The third kappa shape index (κ3) is 1.98. The Morgan fingerprint density at radius 1 is 1.29 bits per heavy atom. The highest BCUT2D eigenvalue weighted by atomic mass is 32.2. The fourth-order valence-electron chi connectivity index (χ4n) is 1.30. The fraction of sp³-hybridized carbons (Fsp3) is 0.333. The largest absolute Gasteiger partial charge is 0.336 e. The molecule has 5 heteroatoms. The molecule has 0 saturated carbocycles. The number of rotatable bonds is 4. The summed E-state index contributed by atoms with van der Waals surface area (Å²) in [5.41, 5.74) is 0. The van der Waals surface area contributed by atoms with Crippen LogP contribution in [-0.4, -0.2) is 25.4 Å². The van der Waals surface area contributed by atoms with Gasteiger partial charge in [-0.25, -0.2) is 9.97 Å². The topological polar surface area (TPSA) is 35.6 Å².